The van der Waals surface area contributed by atoms with Crippen LogP contribution in [0.2, 0.25) is 0 Å². The van der Waals surface area contributed by atoms with E-state index in [1.165, 1.54) is 5.56 Å². The van der Waals surface area contributed by atoms with Gasteiger partial charge in [-0.2, -0.15) is 0 Å². The van der Waals surface area contributed by atoms with Crippen LogP contribution in [0.15, 0.2) is 66.2 Å². The number of benzene rings is 2. The summed E-state index contributed by atoms with van der Waals surface area (Å²) in [5.74, 6) is 2.21. The van der Waals surface area contributed by atoms with E-state index in [-0.39, 0.29) is 0 Å². The highest BCUT2D eigenvalue weighted by atomic mass is 16.5. The molecule has 0 aliphatic carbocycles. The zero-order chi connectivity index (χ0) is 21.2. The number of guanidine groups is 1. The molecule has 2 N–H and O–H groups in total. The van der Waals surface area contributed by atoms with E-state index in [2.05, 4.69) is 51.4 Å². The van der Waals surface area contributed by atoms with Crippen molar-refractivity contribution in [1.82, 2.24) is 20.2 Å². The van der Waals surface area contributed by atoms with Gasteiger partial charge in [-0.15, -0.1) is 0 Å². The summed E-state index contributed by atoms with van der Waals surface area (Å²) in [6, 6.07) is 14.4. The van der Waals surface area contributed by atoms with Crippen molar-refractivity contribution < 1.29 is 9.47 Å². The lowest BCUT2D eigenvalue weighted by Crippen LogP contribution is -2.36. The normalized spacial score (nSPS) is 11.2. The summed E-state index contributed by atoms with van der Waals surface area (Å²) in [6.45, 7) is 4.87. The van der Waals surface area contributed by atoms with Crippen molar-refractivity contribution in [3.63, 3.8) is 0 Å². The van der Waals surface area contributed by atoms with Crippen LogP contribution in [0.5, 0.6) is 11.5 Å². The molecule has 158 valence electrons. The smallest absolute Gasteiger partial charge is 0.191 e. The first-order valence-corrected chi connectivity index (χ1v) is 9.98. The second kappa shape index (κ2) is 10.9. The maximum atomic E-state index is 5.38. The Bertz CT molecular complexity index is 954. The first-order valence-electron chi connectivity index (χ1n) is 9.98. The summed E-state index contributed by atoms with van der Waals surface area (Å²) in [4.78, 5) is 8.83. The fourth-order valence-corrected chi connectivity index (χ4v) is 3.11. The summed E-state index contributed by atoms with van der Waals surface area (Å²) in [5.41, 5.74) is 3.47. The van der Waals surface area contributed by atoms with E-state index in [0.29, 0.717) is 18.8 Å². The fourth-order valence-electron chi connectivity index (χ4n) is 3.11. The van der Waals surface area contributed by atoms with E-state index < -0.39 is 0 Å². The van der Waals surface area contributed by atoms with Crippen LogP contribution in [0.1, 0.15) is 23.6 Å². The number of imidazole rings is 1. The molecule has 0 atom stereocenters. The number of hydrogen-bond acceptors (Lipinski definition) is 4. The average molecular weight is 408 g/mol. The highest BCUT2D eigenvalue weighted by molar-refractivity contribution is 5.79. The van der Waals surface area contributed by atoms with Crippen molar-refractivity contribution in [3.8, 4) is 11.5 Å². The number of aliphatic imine (C=N–C) groups is 1. The Morgan fingerprint density at radius 2 is 1.83 bits per heavy atom. The molecule has 2 aromatic carbocycles. The van der Waals surface area contributed by atoms with Crippen LogP contribution < -0.4 is 20.1 Å². The van der Waals surface area contributed by atoms with Gasteiger partial charge in [0.15, 0.2) is 17.5 Å². The van der Waals surface area contributed by atoms with E-state index in [1.807, 2.05) is 30.7 Å². The second-order valence-electron chi connectivity index (χ2n) is 6.79. The lowest BCUT2D eigenvalue weighted by atomic mass is 10.1. The Kier molecular flexibility index (Phi) is 7.71. The van der Waals surface area contributed by atoms with Crippen LogP contribution in [-0.4, -0.2) is 36.3 Å². The number of nitrogens with one attached hydrogen (secondary N) is 2. The molecule has 7 heteroatoms. The van der Waals surface area contributed by atoms with Crippen molar-refractivity contribution in [1.29, 1.82) is 0 Å². The average Bonchev–Trinajstić information content (AvgIpc) is 3.28. The maximum absolute atomic E-state index is 5.38. The number of rotatable bonds is 9. The van der Waals surface area contributed by atoms with Gasteiger partial charge in [-0.3, -0.25) is 0 Å². The minimum atomic E-state index is 0.596. The molecular weight excluding hydrogens is 378 g/mol. The summed E-state index contributed by atoms with van der Waals surface area (Å²) in [7, 11) is 3.28. The Labute approximate surface area is 177 Å². The Morgan fingerprint density at radius 3 is 2.57 bits per heavy atom. The highest BCUT2D eigenvalue weighted by Crippen LogP contribution is 2.27. The van der Waals surface area contributed by atoms with Gasteiger partial charge in [0.25, 0.3) is 0 Å². The molecule has 3 rings (SSSR count). The predicted molar refractivity (Wildman–Crippen MR) is 119 cm³/mol. The van der Waals surface area contributed by atoms with E-state index in [9.17, 15) is 0 Å². The maximum Gasteiger partial charge on any atom is 0.191 e. The van der Waals surface area contributed by atoms with Gasteiger partial charge in [0.2, 0.25) is 0 Å². The molecule has 0 radical (unpaired) electrons. The summed E-state index contributed by atoms with van der Waals surface area (Å²) in [6.07, 6.45) is 5.58. The summed E-state index contributed by atoms with van der Waals surface area (Å²) < 4.78 is 12.7. The molecule has 0 saturated heterocycles. The van der Waals surface area contributed by atoms with Crippen LogP contribution in [-0.2, 0) is 19.6 Å². The fraction of sp³-hybridized carbons (Fsp3) is 0.304. The van der Waals surface area contributed by atoms with Gasteiger partial charge in [0.1, 0.15) is 0 Å². The zero-order valence-corrected chi connectivity index (χ0v) is 17.8. The van der Waals surface area contributed by atoms with Gasteiger partial charge in [-0.1, -0.05) is 30.3 Å². The van der Waals surface area contributed by atoms with E-state index >= 15 is 0 Å². The van der Waals surface area contributed by atoms with E-state index in [0.717, 1.165) is 35.9 Å². The van der Waals surface area contributed by atoms with Gasteiger partial charge < -0.3 is 24.7 Å². The molecule has 0 aliphatic heterocycles. The largest absolute Gasteiger partial charge is 0.493 e. The lowest BCUT2D eigenvalue weighted by molar-refractivity contribution is 0.354. The van der Waals surface area contributed by atoms with Crippen molar-refractivity contribution >= 4 is 5.96 Å². The first-order chi connectivity index (χ1) is 14.7. The molecule has 1 aromatic heterocycles. The van der Waals surface area contributed by atoms with E-state index in [1.54, 1.807) is 20.4 Å². The number of nitrogens with zero attached hydrogens (tertiary/aromatic N) is 3. The molecule has 0 unspecified atom stereocenters. The Balaban J connectivity index is 1.63. The molecule has 0 saturated carbocycles. The third-order valence-corrected chi connectivity index (χ3v) is 4.59. The minimum Gasteiger partial charge on any atom is -0.493 e. The standard InChI is InChI=1S/C23H29N5O2/c1-4-25-23(27-15-19-8-9-21(29-2)22(13-19)30-3)26-14-18-6-5-7-20(12-18)16-28-11-10-24-17-28/h5-13,17H,4,14-16H2,1-3H3,(H2,25,26,27). The van der Waals surface area contributed by atoms with Crippen molar-refractivity contribution in [2.45, 2.75) is 26.6 Å². The van der Waals surface area contributed by atoms with Gasteiger partial charge in [-0.05, 0) is 35.7 Å². The van der Waals surface area contributed by atoms with Crippen molar-refractivity contribution in [2.24, 2.45) is 4.99 Å². The van der Waals surface area contributed by atoms with Gasteiger partial charge in [0.05, 0.1) is 27.1 Å². The summed E-state index contributed by atoms with van der Waals surface area (Å²) >= 11 is 0. The first kappa shape index (κ1) is 21.2. The molecule has 0 fully saturated rings. The van der Waals surface area contributed by atoms with Crippen molar-refractivity contribution in [2.75, 3.05) is 20.8 Å². The van der Waals surface area contributed by atoms with Crippen LogP contribution in [0.25, 0.3) is 0 Å². The third kappa shape index (κ3) is 6.01. The van der Waals surface area contributed by atoms with Gasteiger partial charge in [-0.25, -0.2) is 9.98 Å². The second-order valence-corrected chi connectivity index (χ2v) is 6.79. The molecule has 7 nitrogen and oxygen atoms in total. The van der Waals surface area contributed by atoms with Gasteiger partial charge in [0, 0.05) is 32.0 Å². The lowest BCUT2D eigenvalue weighted by Gasteiger charge is -2.13. The molecule has 0 spiro atoms. The van der Waals surface area contributed by atoms with Gasteiger partial charge >= 0.3 is 0 Å². The van der Waals surface area contributed by atoms with E-state index in [4.69, 9.17) is 14.5 Å². The predicted octanol–water partition coefficient (Wildman–Crippen LogP) is 3.20. The molecule has 0 aliphatic rings. The van der Waals surface area contributed by atoms with Crippen molar-refractivity contribution in [3.05, 3.63) is 77.9 Å². The molecule has 1 heterocycles. The van der Waals surface area contributed by atoms with Crippen LogP contribution in [0.3, 0.4) is 0 Å². The SMILES string of the molecule is CCNC(=NCc1cccc(Cn2ccnc2)c1)NCc1ccc(OC)c(OC)c1. The number of methoxy groups -OCH3 is 2. The zero-order valence-electron chi connectivity index (χ0n) is 17.8. The molecule has 3 aromatic rings. The summed E-state index contributed by atoms with van der Waals surface area (Å²) in [5, 5.41) is 6.67. The monoisotopic (exact) mass is 407 g/mol. The molecular formula is C23H29N5O2. The van der Waals surface area contributed by atoms with Crippen LogP contribution >= 0.6 is 0 Å². The highest BCUT2D eigenvalue weighted by Gasteiger charge is 2.05. The number of ether oxygens (including phenoxy) is 2. The van der Waals surface area contributed by atoms with Crippen LogP contribution in [0, 0.1) is 0 Å². The Morgan fingerprint density at radius 1 is 1.00 bits per heavy atom. The number of hydrogen-bond donors (Lipinski definition) is 2. The molecule has 0 amide bonds. The minimum absolute atomic E-state index is 0.596. The third-order valence-electron chi connectivity index (χ3n) is 4.59. The Hall–Kier alpha value is -3.48. The quantitative estimate of drug-likeness (QED) is 0.421. The molecule has 0 bridgehead atoms. The number of aromatic nitrogens is 2. The topological polar surface area (TPSA) is 72.7 Å². The molecule has 30 heavy (non-hydrogen) atoms. The van der Waals surface area contributed by atoms with Crippen LogP contribution in [0.4, 0.5) is 0 Å².